The van der Waals surface area contributed by atoms with Gasteiger partial charge in [0.2, 0.25) is 5.89 Å². The average Bonchev–Trinajstić information content (AvgIpc) is 3.15. The molecule has 2 aromatic heterocycles. The molecule has 0 bridgehead atoms. The molecule has 3 heterocycles. The molecular weight excluding hydrogens is 322 g/mol. The predicted molar refractivity (Wildman–Crippen MR) is 92.6 cm³/mol. The fraction of sp³-hybridized carbons (Fsp3) is 0.588. The first kappa shape index (κ1) is 17.5. The molecule has 0 unspecified atom stereocenters. The van der Waals surface area contributed by atoms with Crippen LogP contribution in [-0.4, -0.2) is 54.2 Å². The molecule has 1 aliphatic heterocycles. The molecule has 2 aromatic rings. The molecule has 0 radical (unpaired) electrons. The Hall–Kier alpha value is -2.35. The number of hydrogen-bond donors (Lipinski definition) is 1. The van der Waals surface area contributed by atoms with Crippen molar-refractivity contribution < 1.29 is 13.7 Å². The fourth-order valence-electron chi connectivity index (χ4n) is 3.04. The summed E-state index contributed by atoms with van der Waals surface area (Å²) in [4.78, 5) is 20.8. The average molecular weight is 347 g/mol. The van der Waals surface area contributed by atoms with Crippen LogP contribution in [0.3, 0.4) is 0 Å². The Labute approximate surface area is 147 Å². The van der Waals surface area contributed by atoms with E-state index in [4.69, 9.17) is 8.94 Å². The molecule has 0 atom stereocenters. The van der Waals surface area contributed by atoms with Crippen LogP contribution in [0.4, 0.5) is 5.95 Å². The Morgan fingerprint density at radius 2 is 2.08 bits per heavy atom. The zero-order chi connectivity index (χ0) is 18.0. The maximum absolute atomic E-state index is 12.4. The zero-order valence-electron chi connectivity index (χ0n) is 15.2. The summed E-state index contributed by atoms with van der Waals surface area (Å²) in [6, 6.07) is 1.97. The van der Waals surface area contributed by atoms with E-state index in [0.29, 0.717) is 29.7 Å². The number of nitrogens with zero attached hydrogens (tertiary/aromatic N) is 4. The second-order valence-electron chi connectivity index (χ2n) is 6.73. The number of nitrogens with one attached hydrogen (secondary N) is 1. The Bertz CT molecular complexity index is 728. The highest BCUT2D eigenvalue weighted by atomic mass is 16.5. The number of furan rings is 1. The number of rotatable bonds is 5. The molecule has 0 aromatic carbocycles. The molecule has 25 heavy (non-hydrogen) atoms. The van der Waals surface area contributed by atoms with E-state index in [0.717, 1.165) is 31.7 Å². The molecule has 3 rings (SSSR count). The van der Waals surface area contributed by atoms with Gasteiger partial charge in [0.1, 0.15) is 11.5 Å². The van der Waals surface area contributed by atoms with E-state index >= 15 is 0 Å². The number of piperidine rings is 1. The molecule has 1 aliphatic rings. The highest BCUT2D eigenvalue weighted by Crippen LogP contribution is 2.17. The minimum atomic E-state index is -0.0553. The Morgan fingerprint density at radius 3 is 2.64 bits per heavy atom. The van der Waals surface area contributed by atoms with E-state index in [1.165, 1.54) is 0 Å². The number of anilines is 1. The summed E-state index contributed by atoms with van der Waals surface area (Å²) in [5, 5.41) is 7.04. The van der Waals surface area contributed by atoms with Crippen LogP contribution in [0.5, 0.6) is 0 Å². The lowest BCUT2D eigenvalue weighted by atomic mass is 10.0. The van der Waals surface area contributed by atoms with Gasteiger partial charge in [0.25, 0.3) is 11.9 Å². The van der Waals surface area contributed by atoms with Crippen LogP contribution in [0.25, 0.3) is 0 Å². The second kappa shape index (κ2) is 7.26. The van der Waals surface area contributed by atoms with Crippen molar-refractivity contribution in [3.8, 4) is 0 Å². The SMILES string of the molecule is Cc1cc(C(=O)NC2CCN(Cc3nc(N(C)C)no3)CC2)c(C)o1. The van der Waals surface area contributed by atoms with Gasteiger partial charge >= 0.3 is 0 Å². The first-order valence-corrected chi connectivity index (χ1v) is 8.52. The summed E-state index contributed by atoms with van der Waals surface area (Å²) in [7, 11) is 3.76. The maximum atomic E-state index is 12.4. The largest absolute Gasteiger partial charge is 0.466 e. The van der Waals surface area contributed by atoms with Gasteiger partial charge < -0.3 is 19.2 Å². The molecule has 1 saturated heterocycles. The third-order valence-corrected chi connectivity index (χ3v) is 4.42. The normalized spacial score (nSPS) is 16.2. The summed E-state index contributed by atoms with van der Waals surface area (Å²) in [5.74, 6) is 2.58. The molecule has 8 heteroatoms. The highest BCUT2D eigenvalue weighted by molar-refractivity contribution is 5.95. The number of carbonyl (C=O) groups is 1. The summed E-state index contributed by atoms with van der Waals surface area (Å²) >= 11 is 0. The standard InChI is InChI=1S/C17H25N5O3/c1-11-9-14(12(2)24-11)16(23)18-13-5-7-22(8-6-13)10-15-19-17(20-25-15)21(3)4/h9,13H,5-8,10H2,1-4H3,(H,18,23). The molecule has 1 fully saturated rings. The summed E-state index contributed by atoms with van der Waals surface area (Å²) in [6.07, 6.45) is 1.80. The molecule has 1 N–H and O–H groups in total. The van der Waals surface area contributed by atoms with E-state index in [-0.39, 0.29) is 11.9 Å². The maximum Gasteiger partial charge on any atom is 0.265 e. The molecule has 1 amide bonds. The lowest BCUT2D eigenvalue weighted by Crippen LogP contribution is -2.44. The van der Waals surface area contributed by atoms with Crippen LogP contribution in [0.15, 0.2) is 15.0 Å². The Morgan fingerprint density at radius 1 is 1.36 bits per heavy atom. The minimum absolute atomic E-state index is 0.0553. The van der Waals surface area contributed by atoms with Crippen LogP contribution < -0.4 is 10.2 Å². The Balaban J connectivity index is 1.48. The van der Waals surface area contributed by atoms with Gasteiger partial charge in [0.05, 0.1) is 12.1 Å². The van der Waals surface area contributed by atoms with E-state index < -0.39 is 0 Å². The van der Waals surface area contributed by atoms with Crippen molar-refractivity contribution in [1.82, 2.24) is 20.4 Å². The van der Waals surface area contributed by atoms with Gasteiger partial charge in [0.15, 0.2) is 0 Å². The van der Waals surface area contributed by atoms with Crippen molar-refractivity contribution in [2.45, 2.75) is 39.3 Å². The van der Waals surface area contributed by atoms with Gasteiger partial charge in [-0.3, -0.25) is 9.69 Å². The molecule has 0 aliphatic carbocycles. The number of hydrogen-bond acceptors (Lipinski definition) is 7. The van der Waals surface area contributed by atoms with Crippen molar-refractivity contribution in [2.75, 3.05) is 32.1 Å². The third kappa shape index (κ3) is 4.19. The second-order valence-corrected chi connectivity index (χ2v) is 6.73. The predicted octanol–water partition coefficient (Wildman–Crippen LogP) is 1.74. The van der Waals surface area contributed by atoms with Crippen molar-refractivity contribution in [3.05, 3.63) is 29.0 Å². The summed E-state index contributed by atoms with van der Waals surface area (Å²) < 4.78 is 10.7. The van der Waals surface area contributed by atoms with Crippen LogP contribution in [0, 0.1) is 13.8 Å². The Kier molecular flexibility index (Phi) is 5.08. The number of aryl methyl sites for hydroxylation is 2. The van der Waals surface area contributed by atoms with E-state index in [9.17, 15) is 4.79 Å². The number of aromatic nitrogens is 2. The molecule has 0 saturated carbocycles. The molecule has 136 valence electrons. The topological polar surface area (TPSA) is 87.6 Å². The minimum Gasteiger partial charge on any atom is -0.466 e. The van der Waals surface area contributed by atoms with Crippen molar-refractivity contribution in [3.63, 3.8) is 0 Å². The van der Waals surface area contributed by atoms with Crippen molar-refractivity contribution >= 4 is 11.9 Å². The zero-order valence-corrected chi connectivity index (χ0v) is 15.2. The quantitative estimate of drug-likeness (QED) is 0.881. The fourth-order valence-corrected chi connectivity index (χ4v) is 3.04. The van der Waals surface area contributed by atoms with Crippen LogP contribution >= 0.6 is 0 Å². The molecule has 8 nitrogen and oxygen atoms in total. The van der Waals surface area contributed by atoms with Gasteiger partial charge in [-0.25, -0.2) is 0 Å². The number of amides is 1. The number of likely N-dealkylation sites (tertiary alicyclic amines) is 1. The number of carbonyl (C=O) groups excluding carboxylic acids is 1. The van der Waals surface area contributed by atoms with Gasteiger partial charge in [0, 0.05) is 33.2 Å². The van der Waals surface area contributed by atoms with Crippen molar-refractivity contribution in [2.24, 2.45) is 0 Å². The highest BCUT2D eigenvalue weighted by Gasteiger charge is 2.24. The summed E-state index contributed by atoms with van der Waals surface area (Å²) in [5.41, 5.74) is 0.627. The lowest BCUT2D eigenvalue weighted by molar-refractivity contribution is 0.0903. The smallest absolute Gasteiger partial charge is 0.265 e. The first-order valence-electron chi connectivity index (χ1n) is 8.52. The summed E-state index contributed by atoms with van der Waals surface area (Å²) in [6.45, 7) is 6.07. The van der Waals surface area contributed by atoms with Crippen LogP contribution in [-0.2, 0) is 6.54 Å². The van der Waals surface area contributed by atoms with E-state index in [1.54, 1.807) is 6.07 Å². The van der Waals surface area contributed by atoms with Gasteiger partial charge in [-0.05, 0) is 37.9 Å². The van der Waals surface area contributed by atoms with Crippen LogP contribution in [0.1, 0.15) is 40.6 Å². The third-order valence-electron chi connectivity index (χ3n) is 4.42. The molecule has 0 spiro atoms. The van der Waals surface area contributed by atoms with Gasteiger partial charge in [-0.2, -0.15) is 4.98 Å². The lowest BCUT2D eigenvalue weighted by Gasteiger charge is -2.31. The van der Waals surface area contributed by atoms with Gasteiger partial charge in [-0.15, -0.1) is 0 Å². The van der Waals surface area contributed by atoms with Crippen LogP contribution in [0.2, 0.25) is 0 Å². The van der Waals surface area contributed by atoms with E-state index in [2.05, 4.69) is 20.4 Å². The van der Waals surface area contributed by atoms with E-state index in [1.807, 2.05) is 32.8 Å². The van der Waals surface area contributed by atoms with Gasteiger partial charge in [-0.1, -0.05) is 0 Å². The monoisotopic (exact) mass is 347 g/mol. The molecular formula is C17H25N5O3. The van der Waals surface area contributed by atoms with Crippen molar-refractivity contribution in [1.29, 1.82) is 0 Å². The first-order chi connectivity index (χ1) is 11.9.